The van der Waals surface area contributed by atoms with Crippen LogP contribution in [0.1, 0.15) is 40.7 Å². The first kappa shape index (κ1) is 27.2. The van der Waals surface area contributed by atoms with Crippen molar-refractivity contribution >= 4 is 23.9 Å². The number of carbonyl (C=O) groups excluding carboxylic acids is 2. The molecule has 0 bridgehead atoms. The van der Waals surface area contributed by atoms with Crippen LogP contribution in [0.2, 0.25) is 0 Å². The van der Waals surface area contributed by atoms with E-state index in [-0.39, 0.29) is 24.2 Å². The normalized spacial score (nSPS) is 11.6. The molecule has 37 heavy (non-hydrogen) atoms. The van der Waals surface area contributed by atoms with E-state index >= 15 is 0 Å². The molecule has 0 aliphatic carbocycles. The first-order valence-electron chi connectivity index (χ1n) is 11.5. The molecule has 3 N–H and O–H groups in total. The lowest BCUT2D eigenvalue weighted by Gasteiger charge is -2.12. The van der Waals surface area contributed by atoms with Crippen LogP contribution < -0.4 is 10.6 Å². The monoisotopic (exact) mass is 510 g/mol. The van der Waals surface area contributed by atoms with E-state index in [4.69, 9.17) is 5.11 Å². The molecule has 0 saturated carbocycles. The van der Waals surface area contributed by atoms with Crippen molar-refractivity contribution in [3.05, 3.63) is 101 Å². The van der Waals surface area contributed by atoms with Crippen molar-refractivity contribution in [1.29, 1.82) is 0 Å². The number of unbranched alkanes of at least 4 members (excludes halogenated alkanes) is 1. The Labute approximate surface area is 211 Å². The molecule has 0 fully saturated rings. The summed E-state index contributed by atoms with van der Waals surface area (Å²) in [6.45, 7) is 0.187. The third kappa shape index (κ3) is 8.34. The Morgan fingerprint density at radius 1 is 0.811 bits per heavy atom. The quantitative estimate of drug-likeness (QED) is 0.247. The van der Waals surface area contributed by atoms with Crippen molar-refractivity contribution in [2.45, 2.75) is 25.4 Å². The van der Waals surface area contributed by atoms with E-state index in [2.05, 4.69) is 10.6 Å². The van der Waals surface area contributed by atoms with Gasteiger partial charge in [0.2, 0.25) is 0 Å². The number of benzene rings is 3. The van der Waals surface area contributed by atoms with E-state index in [1.165, 1.54) is 6.08 Å². The van der Waals surface area contributed by atoms with Gasteiger partial charge >= 0.3 is 12.1 Å². The van der Waals surface area contributed by atoms with Gasteiger partial charge in [-0.15, -0.1) is 0 Å². The van der Waals surface area contributed by atoms with Gasteiger partial charge in [0.25, 0.3) is 11.8 Å². The molecule has 3 rings (SSSR count). The van der Waals surface area contributed by atoms with Gasteiger partial charge in [-0.3, -0.25) is 14.4 Å². The van der Waals surface area contributed by atoms with Crippen LogP contribution in [-0.2, 0) is 15.8 Å². The van der Waals surface area contributed by atoms with Crippen LogP contribution in [0.4, 0.5) is 13.2 Å². The molecule has 0 heterocycles. The van der Waals surface area contributed by atoms with Gasteiger partial charge in [-0.2, -0.15) is 13.2 Å². The highest BCUT2D eigenvalue weighted by molar-refractivity contribution is 6.05. The van der Waals surface area contributed by atoms with E-state index in [0.29, 0.717) is 18.4 Å². The second-order valence-electron chi connectivity index (χ2n) is 8.18. The summed E-state index contributed by atoms with van der Waals surface area (Å²) in [5.74, 6) is -2.29. The standard InChI is InChI=1S/C28H25F3N2O4/c29-28(30,31)23-15-13-22(14-16-23)26(36)33-24(27(37)32-17-5-4-8-25(34)35)18-19-9-11-21(12-10-19)20-6-2-1-3-7-20/h1-3,6-7,9-16,18H,4-5,8,17H2,(H,32,37)(H,33,36)(H,34,35)/b24-18+. The number of aliphatic carboxylic acids is 1. The zero-order valence-electron chi connectivity index (χ0n) is 19.7. The van der Waals surface area contributed by atoms with Crippen molar-refractivity contribution < 1.29 is 32.7 Å². The average molecular weight is 511 g/mol. The largest absolute Gasteiger partial charge is 0.481 e. The summed E-state index contributed by atoms with van der Waals surface area (Å²) in [5.41, 5.74) is 1.54. The van der Waals surface area contributed by atoms with Crippen LogP contribution in [0.3, 0.4) is 0 Å². The maximum atomic E-state index is 12.8. The van der Waals surface area contributed by atoms with Crippen LogP contribution in [0.15, 0.2) is 84.6 Å². The predicted octanol–water partition coefficient (Wildman–Crippen LogP) is 5.51. The molecular formula is C28H25F3N2O4. The lowest BCUT2D eigenvalue weighted by molar-refractivity contribution is -0.138. The predicted molar refractivity (Wildman–Crippen MR) is 133 cm³/mol. The van der Waals surface area contributed by atoms with E-state index < -0.39 is 29.5 Å². The molecule has 0 saturated heterocycles. The number of nitrogens with one attached hydrogen (secondary N) is 2. The Kier molecular flexibility index (Phi) is 9.21. The number of hydrogen-bond donors (Lipinski definition) is 3. The van der Waals surface area contributed by atoms with Gasteiger partial charge in [-0.1, -0.05) is 54.6 Å². The molecule has 0 atom stereocenters. The Hall–Kier alpha value is -4.40. The summed E-state index contributed by atoms with van der Waals surface area (Å²) in [7, 11) is 0. The van der Waals surface area contributed by atoms with Gasteiger partial charge in [0.1, 0.15) is 5.70 Å². The highest BCUT2D eigenvalue weighted by Crippen LogP contribution is 2.29. The minimum Gasteiger partial charge on any atom is -0.481 e. The van der Waals surface area contributed by atoms with Crippen molar-refractivity contribution in [2.24, 2.45) is 0 Å². The number of rotatable bonds is 10. The number of hydrogen-bond acceptors (Lipinski definition) is 3. The third-order valence-corrected chi connectivity index (χ3v) is 5.40. The minimum absolute atomic E-state index is 0.0308. The molecule has 3 aromatic rings. The first-order valence-corrected chi connectivity index (χ1v) is 11.5. The highest BCUT2D eigenvalue weighted by Gasteiger charge is 2.30. The van der Waals surface area contributed by atoms with Crippen molar-refractivity contribution in [3.8, 4) is 11.1 Å². The lowest BCUT2D eigenvalue weighted by atomic mass is 10.0. The van der Waals surface area contributed by atoms with Crippen molar-refractivity contribution in [1.82, 2.24) is 10.6 Å². The van der Waals surface area contributed by atoms with Crippen molar-refractivity contribution in [3.63, 3.8) is 0 Å². The number of carboxylic acid groups (broad SMARTS) is 1. The highest BCUT2D eigenvalue weighted by atomic mass is 19.4. The number of carboxylic acids is 1. The molecule has 0 spiro atoms. The van der Waals surface area contributed by atoms with Crippen LogP contribution >= 0.6 is 0 Å². The SMILES string of the molecule is O=C(O)CCCCNC(=O)/C(=C\c1ccc(-c2ccccc2)cc1)NC(=O)c1ccc(C(F)(F)F)cc1. The summed E-state index contributed by atoms with van der Waals surface area (Å²) in [6, 6.07) is 20.6. The fourth-order valence-corrected chi connectivity index (χ4v) is 3.43. The molecule has 0 radical (unpaired) electrons. The summed E-state index contributed by atoms with van der Waals surface area (Å²) in [5, 5.41) is 13.8. The molecule has 0 aliphatic heterocycles. The van der Waals surface area contributed by atoms with Crippen molar-refractivity contribution in [2.75, 3.05) is 6.54 Å². The summed E-state index contributed by atoms with van der Waals surface area (Å²) >= 11 is 0. The number of alkyl halides is 3. The summed E-state index contributed by atoms with van der Waals surface area (Å²) in [6.07, 6.45) is -2.32. The summed E-state index contributed by atoms with van der Waals surface area (Å²) in [4.78, 5) is 36.2. The topological polar surface area (TPSA) is 95.5 Å². The Morgan fingerprint density at radius 3 is 2.03 bits per heavy atom. The van der Waals surface area contributed by atoms with Gasteiger partial charge in [0, 0.05) is 18.5 Å². The van der Waals surface area contributed by atoms with E-state index in [9.17, 15) is 27.6 Å². The number of carbonyl (C=O) groups is 3. The smallest absolute Gasteiger partial charge is 0.416 e. The van der Waals surface area contributed by atoms with Gasteiger partial charge < -0.3 is 15.7 Å². The number of halogens is 3. The molecule has 0 unspecified atom stereocenters. The lowest BCUT2D eigenvalue weighted by Crippen LogP contribution is -2.35. The van der Waals surface area contributed by atoms with Gasteiger partial charge in [-0.05, 0) is 59.9 Å². The fraction of sp³-hybridized carbons (Fsp3) is 0.179. The van der Waals surface area contributed by atoms with Gasteiger partial charge in [0.15, 0.2) is 0 Å². The Bertz CT molecular complexity index is 1250. The van der Waals surface area contributed by atoms with Crippen LogP contribution in [0.25, 0.3) is 17.2 Å². The first-order chi connectivity index (χ1) is 17.6. The second kappa shape index (κ2) is 12.5. The second-order valence-corrected chi connectivity index (χ2v) is 8.18. The maximum Gasteiger partial charge on any atom is 0.416 e. The van der Waals surface area contributed by atoms with Gasteiger partial charge in [0.05, 0.1) is 5.56 Å². The molecule has 192 valence electrons. The third-order valence-electron chi connectivity index (χ3n) is 5.40. The number of amides is 2. The zero-order chi connectivity index (χ0) is 26.8. The van der Waals surface area contributed by atoms with Crippen LogP contribution in [0.5, 0.6) is 0 Å². The molecule has 0 aromatic heterocycles. The van der Waals surface area contributed by atoms with E-state index in [1.807, 2.05) is 42.5 Å². The Balaban J connectivity index is 1.78. The molecule has 3 aromatic carbocycles. The molecule has 0 aliphatic rings. The molecule has 6 nitrogen and oxygen atoms in total. The van der Waals surface area contributed by atoms with Gasteiger partial charge in [-0.25, -0.2) is 0 Å². The molecule has 2 amide bonds. The van der Waals surface area contributed by atoms with Crippen LogP contribution in [0, 0.1) is 0 Å². The molecular weight excluding hydrogens is 485 g/mol. The maximum absolute atomic E-state index is 12.8. The minimum atomic E-state index is -4.54. The molecule has 9 heteroatoms. The van der Waals surface area contributed by atoms with E-state index in [0.717, 1.165) is 35.4 Å². The fourth-order valence-electron chi connectivity index (χ4n) is 3.43. The zero-order valence-corrected chi connectivity index (χ0v) is 19.7. The summed E-state index contributed by atoms with van der Waals surface area (Å²) < 4.78 is 38.5. The van der Waals surface area contributed by atoms with Crippen LogP contribution in [-0.4, -0.2) is 29.4 Å². The Morgan fingerprint density at radius 2 is 1.43 bits per heavy atom. The average Bonchev–Trinajstić information content (AvgIpc) is 2.88. The van der Waals surface area contributed by atoms with E-state index in [1.54, 1.807) is 12.1 Å².